The number of methoxy groups -OCH3 is 1. The van der Waals surface area contributed by atoms with Gasteiger partial charge in [-0.15, -0.1) is 10.2 Å². The summed E-state index contributed by atoms with van der Waals surface area (Å²) in [7, 11) is 0.659. The number of aryl methyl sites for hydroxylation is 1. The molecule has 2 atom stereocenters. The molecule has 1 unspecified atom stereocenters. The molecule has 1 aromatic carbocycles. The van der Waals surface area contributed by atoms with Gasteiger partial charge in [0.15, 0.2) is 5.82 Å². The number of allylic oxidation sites excluding steroid dienone is 3. The third kappa shape index (κ3) is 4.43. The minimum absolute atomic E-state index is 0.0646. The second kappa shape index (κ2) is 9.94. The van der Waals surface area contributed by atoms with E-state index < -0.39 is 22.9 Å². The second-order valence-corrected chi connectivity index (χ2v) is 10.4. The summed E-state index contributed by atoms with van der Waals surface area (Å²) < 4.78 is 12.4. The number of hydrogen-bond acceptors (Lipinski definition) is 7. The highest BCUT2D eigenvalue weighted by atomic mass is 32.2. The van der Waals surface area contributed by atoms with Gasteiger partial charge in [0.1, 0.15) is 11.9 Å². The predicted molar refractivity (Wildman–Crippen MR) is 130 cm³/mol. The third-order valence-corrected chi connectivity index (χ3v) is 8.65. The largest absolute Gasteiger partial charge is 0.478 e. The molecule has 180 valence electrons. The van der Waals surface area contributed by atoms with Crippen molar-refractivity contribution in [2.75, 3.05) is 20.3 Å². The molecule has 0 saturated heterocycles. The number of fused-ring (bicyclic) bond motifs is 2. The number of benzene rings is 1. The number of aromatic nitrogens is 3. The molecule has 0 spiro atoms. The highest BCUT2D eigenvalue weighted by molar-refractivity contribution is 8.28. The zero-order chi connectivity index (χ0) is 24.4. The molecular formula is C24H28N4O5S. The molecule has 3 heterocycles. The van der Waals surface area contributed by atoms with Crippen molar-refractivity contribution in [3.8, 4) is 0 Å². The quantitative estimate of drug-likeness (QED) is 0.331. The number of carboxylic acid groups (broad SMARTS) is 1. The molecular weight excluding hydrogens is 456 g/mol. The van der Waals surface area contributed by atoms with E-state index in [1.54, 1.807) is 19.2 Å². The highest BCUT2D eigenvalue weighted by Gasteiger charge is 2.35. The zero-order valence-corrected chi connectivity index (χ0v) is 20.5. The predicted octanol–water partition coefficient (Wildman–Crippen LogP) is 3.92. The number of thiol groups is 1. The number of carbonyl (C=O) groups is 2. The van der Waals surface area contributed by atoms with Crippen LogP contribution in [0.4, 0.5) is 0 Å². The van der Waals surface area contributed by atoms with Crippen molar-refractivity contribution in [1.82, 2.24) is 14.8 Å². The van der Waals surface area contributed by atoms with Crippen LogP contribution >= 0.6 is 10.9 Å². The lowest BCUT2D eigenvalue weighted by Crippen LogP contribution is -2.14. The minimum atomic E-state index is -0.954. The molecule has 0 saturated carbocycles. The Labute approximate surface area is 200 Å². The Morgan fingerprint density at radius 3 is 2.53 bits per heavy atom. The number of rotatable bonds is 8. The maximum Gasteiger partial charge on any atom is 0.335 e. The lowest BCUT2D eigenvalue weighted by molar-refractivity contribution is -0.144. The fourth-order valence-corrected chi connectivity index (χ4v) is 6.86. The van der Waals surface area contributed by atoms with E-state index in [2.05, 4.69) is 24.0 Å². The van der Waals surface area contributed by atoms with Crippen LogP contribution in [0.15, 0.2) is 50.2 Å². The normalized spacial score (nSPS) is 20.2. The van der Waals surface area contributed by atoms with Crippen molar-refractivity contribution >= 4 is 34.1 Å². The summed E-state index contributed by atoms with van der Waals surface area (Å²) in [6.45, 7) is 6.87. The first-order chi connectivity index (χ1) is 16.3. The number of ether oxygens (including phenoxy) is 2. The summed E-state index contributed by atoms with van der Waals surface area (Å²) in [5.41, 5.74) is 2.36. The maximum atomic E-state index is 12.5. The van der Waals surface area contributed by atoms with E-state index >= 15 is 0 Å². The monoisotopic (exact) mass is 484 g/mol. The molecule has 0 fully saturated rings. The summed E-state index contributed by atoms with van der Waals surface area (Å²) in [6.07, 6.45) is 2.53. The summed E-state index contributed by atoms with van der Waals surface area (Å²) in [5, 5.41) is 19.0. The first-order valence-corrected chi connectivity index (χ1v) is 12.3. The molecule has 0 radical (unpaired) electrons. The van der Waals surface area contributed by atoms with Crippen molar-refractivity contribution in [3.63, 3.8) is 0 Å². The summed E-state index contributed by atoms with van der Waals surface area (Å²) in [6, 6.07) is 6.50. The minimum Gasteiger partial charge on any atom is -0.478 e. The first kappa shape index (κ1) is 23.9. The number of carbonyl (C=O) groups excluding carboxylic acids is 1. The molecule has 2 aliphatic rings. The topological polar surface area (TPSA) is 116 Å². The van der Waals surface area contributed by atoms with Crippen molar-refractivity contribution in [3.05, 3.63) is 57.5 Å². The van der Waals surface area contributed by atoms with E-state index in [1.165, 1.54) is 4.91 Å². The molecule has 2 aromatic rings. The molecule has 0 amide bonds. The molecule has 34 heavy (non-hydrogen) atoms. The average molecular weight is 485 g/mol. The molecule has 2 aliphatic heterocycles. The van der Waals surface area contributed by atoms with E-state index in [9.17, 15) is 14.7 Å². The van der Waals surface area contributed by atoms with Gasteiger partial charge in [-0.3, -0.25) is 14.4 Å². The van der Waals surface area contributed by atoms with Crippen molar-refractivity contribution in [2.24, 2.45) is 4.99 Å². The van der Waals surface area contributed by atoms with E-state index in [4.69, 9.17) is 14.5 Å². The van der Waals surface area contributed by atoms with E-state index in [0.717, 1.165) is 21.1 Å². The number of carboxylic acids is 1. The number of nitrogens with zero attached hydrogens (tertiary/aromatic N) is 4. The van der Waals surface area contributed by atoms with Crippen LogP contribution in [-0.2, 0) is 14.3 Å². The Bertz CT molecular complexity index is 1210. The van der Waals surface area contributed by atoms with Crippen molar-refractivity contribution < 1.29 is 24.2 Å². The second-order valence-electron chi connectivity index (χ2n) is 8.14. The van der Waals surface area contributed by atoms with Crippen LogP contribution in [0.2, 0.25) is 0 Å². The lowest BCUT2D eigenvalue weighted by Gasteiger charge is -2.25. The Balaban J connectivity index is 1.68. The van der Waals surface area contributed by atoms with Gasteiger partial charge >= 0.3 is 11.9 Å². The Kier molecular flexibility index (Phi) is 6.99. The Morgan fingerprint density at radius 2 is 1.85 bits per heavy atom. The van der Waals surface area contributed by atoms with E-state index in [0.29, 0.717) is 31.3 Å². The van der Waals surface area contributed by atoms with Gasteiger partial charge < -0.3 is 14.6 Å². The fourth-order valence-electron chi connectivity index (χ4n) is 4.09. The molecule has 0 bridgehead atoms. The van der Waals surface area contributed by atoms with Crippen LogP contribution in [0.25, 0.3) is 5.03 Å². The molecule has 9 nitrogen and oxygen atoms in total. The van der Waals surface area contributed by atoms with Crippen LogP contribution in [0.3, 0.4) is 0 Å². The van der Waals surface area contributed by atoms with E-state index in [-0.39, 0.29) is 18.0 Å². The fraction of sp³-hybridized carbons (Fsp3) is 0.375. The summed E-state index contributed by atoms with van der Waals surface area (Å²) in [5.74, 6) is 0.0143. The highest BCUT2D eigenvalue weighted by Crippen LogP contribution is 2.61. The number of esters is 1. The zero-order valence-electron chi connectivity index (χ0n) is 19.6. The van der Waals surface area contributed by atoms with Gasteiger partial charge in [-0.1, -0.05) is 0 Å². The third-order valence-electron chi connectivity index (χ3n) is 5.97. The molecule has 4 rings (SSSR count). The SMILES string of the molecule is COCCCOC(=O)C[C@@H]1N=CC2=C(n3c(C)nnc31)[SH](c1ccc(C(=O)O)cc1)C(C)=C2C. The molecule has 1 N–H and O–H groups in total. The summed E-state index contributed by atoms with van der Waals surface area (Å²) >= 11 is 0. The smallest absolute Gasteiger partial charge is 0.335 e. The van der Waals surface area contributed by atoms with Crippen LogP contribution in [0, 0.1) is 6.92 Å². The molecule has 1 aromatic heterocycles. The van der Waals surface area contributed by atoms with Gasteiger partial charge in [-0.2, -0.15) is 10.9 Å². The van der Waals surface area contributed by atoms with Crippen LogP contribution in [-0.4, -0.2) is 58.3 Å². The van der Waals surface area contributed by atoms with Crippen LogP contribution in [0.5, 0.6) is 0 Å². The molecule has 0 aliphatic carbocycles. The average Bonchev–Trinajstić information content (AvgIpc) is 3.25. The standard InChI is InChI=1S/C24H28N4O5S/c1-14-15(2)34(18-8-6-17(7-9-18)24(30)31)23-19(14)13-25-20(22-27-26-16(3)28(22)23)12-21(29)33-11-5-10-32-4/h6-9,13,20,34H,5,10-12H2,1-4H3,(H,30,31)/t20-/m0/s1. The van der Waals surface area contributed by atoms with Gasteiger partial charge in [0, 0.05) is 31.9 Å². The Hall–Kier alpha value is -3.24. The van der Waals surface area contributed by atoms with Gasteiger partial charge in [-0.25, -0.2) is 4.79 Å². The number of aromatic carboxylic acids is 1. The number of hydrogen-bond donors (Lipinski definition) is 2. The number of aliphatic imine (C=N–C) groups is 1. The van der Waals surface area contributed by atoms with Crippen molar-refractivity contribution in [1.29, 1.82) is 0 Å². The summed E-state index contributed by atoms with van der Waals surface area (Å²) in [4.78, 5) is 30.8. The Morgan fingerprint density at radius 1 is 1.12 bits per heavy atom. The van der Waals surface area contributed by atoms with E-state index in [1.807, 2.05) is 29.8 Å². The molecule has 10 heteroatoms. The van der Waals surface area contributed by atoms with Crippen LogP contribution in [0.1, 0.15) is 54.7 Å². The maximum absolute atomic E-state index is 12.5. The van der Waals surface area contributed by atoms with Gasteiger partial charge in [0.25, 0.3) is 0 Å². The van der Waals surface area contributed by atoms with Crippen LogP contribution < -0.4 is 0 Å². The van der Waals surface area contributed by atoms with Gasteiger partial charge in [-0.05, 0) is 60.4 Å². The van der Waals surface area contributed by atoms with Gasteiger partial charge in [0.2, 0.25) is 0 Å². The van der Waals surface area contributed by atoms with Gasteiger partial charge in [0.05, 0.1) is 23.6 Å². The first-order valence-electron chi connectivity index (χ1n) is 11.0. The van der Waals surface area contributed by atoms with Crippen molar-refractivity contribution in [2.45, 2.75) is 44.6 Å². The lowest BCUT2D eigenvalue weighted by atomic mass is 10.1.